The van der Waals surface area contributed by atoms with Crippen LogP contribution in [0, 0.1) is 17.2 Å². The Morgan fingerprint density at radius 1 is 1.00 bits per heavy atom. The summed E-state index contributed by atoms with van der Waals surface area (Å²) in [5.74, 6) is 1.22. The van der Waals surface area contributed by atoms with Gasteiger partial charge in [0.05, 0.1) is 13.2 Å². The fourth-order valence-corrected chi connectivity index (χ4v) is 6.67. The molecule has 0 unspecified atom stereocenters. The Balaban J connectivity index is 1.47. The number of aryl methyl sites for hydroxylation is 1. The quantitative estimate of drug-likeness (QED) is 0.277. The van der Waals surface area contributed by atoms with Crippen LogP contribution in [0.4, 0.5) is 4.39 Å². The van der Waals surface area contributed by atoms with Crippen LogP contribution in [0.3, 0.4) is 0 Å². The molecule has 0 N–H and O–H groups in total. The Bertz CT molecular complexity index is 1360. The number of rotatable bonds is 8. The molecule has 2 aliphatic carbocycles. The van der Waals surface area contributed by atoms with Gasteiger partial charge in [-0.25, -0.2) is 4.39 Å². The number of carbonyl (C=O) groups is 1. The zero-order chi connectivity index (χ0) is 27.8. The first-order valence-electron chi connectivity index (χ1n) is 13.9. The van der Waals surface area contributed by atoms with E-state index in [0.29, 0.717) is 17.9 Å². The van der Waals surface area contributed by atoms with Gasteiger partial charge in [0.1, 0.15) is 30.2 Å². The third-order valence-corrected chi connectivity index (χ3v) is 8.75. The molecule has 3 atom stereocenters. The normalized spacial score (nSPS) is 21.1. The van der Waals surface area contributed by atoms with E-state index in [1.54, 1.807) is 26.4 Å². The zero-order valence-corrected chi connectivity index (χ0v) is 23.7. The maximum atomic E-state index is 15.1. The minimum absolute atomic E-state index is 0.0112. The highest BCUT2D eigenvalue weighted by Crippen LogP contribution is 2.55. The third-order valence-electron chi connectivity index (χ3n) is 8.75. The van der Waals surface area contributed by atoms with E-state index < -0.39 is 0 Å². The van der Waals surface area contributed by atoms with E-state index in [0.717, 1.165) is 60.8 Å². The Hall–Kier alpha value is -3.18. The number of hydrogen-bond donors (Lipinski definition) is 0. The van der Waals surface area contributed by atoms with E-state index >= 15 is 4.39 Å². The van der Waals surface area contributed by atoms with Gasteiger partial charge in [0.15, 0.2) is 0 Å². The van der Waals surface area contributed by atoms with Crippen LogP contribution < -0.4 is 9.47 Å². The lowest BCUT2D eigenvalue weighted by atomic mass is 9.52. The van der Waals surface area contributed by atoms with E-state index in [1.807, 2.05) is 18.2 Å². The molecular formula is C34H39FO4. The zero-order valence-electron chi connectivity index (χ0n) is 23.7. The average molecular weight is 531 g/mol. The summed E-state index contributed by atoms with van der Waals surface area (Å²) < 4.78 is 32.7. The molecule has 0 heterocycles. The number of aldehydes is 1. The van der Waals surface area contributed by atoms with Crippen molar-refractivity contribution in [3.8, 4) is 22.6 Å². The van der Waals surface area contributed by atoms with Crippen LogP contribution in [0.15, 0.2) is 54.6 Å². The number of hydrogen-bond acceptors (Lipinski definition) is 4. The molecule has 0 aliphatic heterocycles. The lowest BCUT2D eigenvalue weighted by molar-refractivity contribution is -0.117. The summed E-state index contributed by atoms with van der Waals surface area (Å²) in [5.41, 5.74) is 5.56. The summed E-state index contributed by atoms with van der Waals surface area (Å²) in [4.78, 5) is 11.8. The minimum atomic E-state index is -0.308. The van der Waals surface area contributed by atoms with Gasteiger partial charge in [-0.15, -0.1) is 0 Å². The summed E-state index contributed by atoms with van der Waals surface area (Å²) in [6.07, 6.45) is 6.20. The van der Waals surface area contributed by atoms with E-state index in [1.165, 1.54) is 17.2 Å². The number of ether oxygens (including phenoxy) is 3. The smallest absolute Gasteiger partial charge is 0.131 e. The van der Waals surface area contributed by atoms with E-state index in [4.69, 9.17) is 14.2 Å². The van der Waals surface area contributed by atoms with E-state index in [-0.39, 0.29) is 28.7 Å². The summed E-state index contributed by atoms with van der Waals surface area (Å²) in [7, 11) is 3.28. The highest BCUT2D eigenvalue weighted by Gasteiger charge is 2.49. The van der Waals surface area contributed by atoms with Crippen molar-refractivity contribution in [2.24, 2.45) is 11.3 Å². The summed E-state index contributed by atoms with van der Waals surface area (Å²) >= 11 is 0. The van der Waals surface area contributed by atoms with Crippen LogP contribution in [0.5, 0.6) is 11.5 Å². The van der Waals surface area contributed by atoms with Crippen molar-refractivity contribution in [1.29, 1.82) is 0 Å². The predicted molar refractivity (Wildman–Crippen MR) is 152 cm³/mol. The van der Waals surface area contributed by atoms with Crippen LogP contribution in [0.25, 0.3) is 11.1 Å². The van der Waals surface area contributed by atoms with Gasteiger partial charge in [-0.2, -0.15) is 0 Å². The van der Waals surface area contributed by atoms with Gasteiger partial charge < -0.3 is 19.0 Å². The molecule has 0 bridgehead atoms. The number of carbonyl (C=O) groups excluding carboxylic acids is 1. The first-order chi connectivity index (χ1) is 18.7. The molecular weight excluding hydrogens is 491 g/mol. The average Bonchev–Trinajstić information content (AvgIpc) is 2.91. The standard InChI is InChI=1S/C34H39FO4/c1-33(2,3)32(38-5)29-17-22(8-12-27(29)28-18-25(37-4)11-13-31(28)35)21-39-26-10-9-23-7-6-15-34(30(23)19-26)16-14-24(34)20-36/h8-13,17-20,24,32H,6-7,14-16,21H2,1-5H3/t24-,32+,34-/m1/s1. The van der Waals surface area contributed by atoms with Crippen molar-refractivity contribution in [2.45, 2.75) is 71.0 Å². The molecule has 1 spiro atoms. The van der Waals surface area contributed by atoms with Crippen molar-refractivity contribution in [1.82, 2.24) is 0 Å². The lowest BCUT2D eigenvalue weighted by Gasteiger charge is -2.51. The van der Waals surface area contributed by atoms with Gasteiger partial charge in [-0.3, -0.25) is 0 Å². The molecule has 3 aromatic carbocycles. The van der Waals surface area contributed by atoms with Crippen LogP contribution in [-0.4, -0.2) is 20.5 Å². The van der Waals surface area contributed by atoms with Gasteiger partial charge in [-0.05, 0) is 102 Å². The molecule has 5 rings (SSSR count). The molecule has 5 heteroatoms. The lowest BCUT2D eigenvalue weighted by Crippen LogP contribution is -2.47. The molecule has 0 aromatic heterocycles. The molecule has 1 saturated carbocycles. The second kappa shape index (κ2) is 10.8. The molecule has 1 fully saturated rings. The number of benzene rings is 3. The molecule has 0 radical (unpaired) electrons. The highest BCUT2D eigenvalue weighted by atomic mass is 19.1. The van der Waals surface area contributed by atoms with Crippen molar-refractivity contribution in [3.05, 3.63) is 82.7 Å². The van der Waals surface area contributed by atoms with Gasteiger partial charge >= 0.3 is 0 Å². The topological polar surface area (TPSA) is 44.8 Å². The van der Waals surface area contributed by atoms with E-state index in [2.05, 4.69) is 39.0 Å². The second-order valence-electron chi connectivity index (χ2n) is 12.1. The van der Waals surface area contributed by atoms with Gasteiger partial charge in [0.25, 0.3) is 0 Å². The van der Waals surface area contributed by atoms with Gasteiger partial charge in [-0.1, -0.05) is 39.0 Å². The molecule has 39 heavy (non-hydrogen) atoms. The Morgan fingerprint density at radius 3 is 2.46 bits per heavy atom. The van der Waals surface area contributed by atoms with Gasteiger partial charge in [0.2, 0.25) is 0 Å². The maximum absolute atomic E-state index is 15.1. The van der Waals surface area contributed by atoms with Crippen LogP contribution in [-0.2, 0) is 28.0 Å². The fraction of sp³-hybridized carbons (Fsp3) is 0.441. The number of methoxy groups -OCH3 is 2. The van der Waals surface area contributed by atoms with Crippen molar-refractivity contribution in [3.63, 3.8) is 0 Å². The first kappa shape index (κ1) is 27.4. The Morgan fingerprint density at radius 2 is 1.79 bits per heavy atom. The van der Waals surface area contributed by atoms with Crippen molar-refractivity contribution in [2.75, 3.05) is 14.2 Å². The largest absolute Gasteiger partial charge is 0.497 e. The summed E-state index contributed by atoms with van der Waals surface area (Å²) in [5, 5.41) is 0. The van der Waals surface area contributed by atoms with E-state index in [9.17, 15) is 4.79 Å². The molecule has 4 nitrogen and oxygen atoms in total. The SMILES string of the molecule is COc1ccc(F)c(-c2ccc(COc3ccc4c(c3)[C@]3(CCC4)CC[C@@H]3C=O)cc2[C@H](OC)C(C)(C)C)c1. The van der Waals surface area contributed by atoms with Crippen molar-refractivity contribution >= 4 is 6.29 Å². The molecule has 0 amide bonds. The molecule has 2 aliphatic rings. The molecule has 3 aromatic rings. The summed E-state index contributed by atoms with van der Waals surface area (Å²) in [6, 6.07) is 17.2. The number of fused-ring (bicyclic) bond motifs is 2. The van der Waals surface area contributed by atoms with Crippen LogP contribution >= 0.6 is 0 Å². The van der Waals surface area contributed by atoms with Gasteiger partial charge in [0, 0.05) is 24.0 Å². The minimum Gasteiger partial charge on any atom is -0.497 e. The predicted octanol–water partition coefficient (Wildman–Crippen LogP) is 8.00. The monoisotopic (exact) mass is 530 g/mol. The number of halogens is 1. The molecule has 0 saturated heterocycles. The first-order valence-corrected chi connectivity index (χ1v) is 13.9. The maximum Gasteiger partial charge on any atom is 0.131 e. The van der Waals surface area contributed by atoms with Crippen LogP contribution in [0.1, 0.15) is 74.8 Å². The van der Waals surface area contributed by atoms with Crippen LogP contribution in [0.2, 0.25) is 0 Å². The highest BCUT2D eigenvalue weighted by molar-refractivity contribution is 5.70. The fourth-order valence-electron chi connectivity index (χ4n) is 6.67. The van der Waals surface area contributed by atoms with Crippen molar-refractivity contribution < 1.29 is 23.4 Å². The summed E-state index contributed by atoms with van der Waals surface area (Å²) in [6.45, 7) is 6.72. The Kier molecular flexibility index (Phi) is 7.56. The molecule has 206 valence electrons. The Labute approximate surface area is 231 Å². The third kappa shape index (κ3) is 5.09. The second-order valence-corrected chi connectivity index (χ2v) is 12.1.